The first-order valence-electron chi connectivity index (χ1n) is 7.32. The van der Waals surface area contributed by atoms with E-state index in [1.807, 2.05) is 0 Å². The fraction of sp³-hybridized carbons (Fsp3) is 0.562. The van der Waals surface area contributed by atoms with Crippen LogP contribution in [0.25, 0.3) is 0 Å². The lowest BCUT2D eigenvalue weighted by atomic mass is 9.88. The van der Waals surface area contributed by atoms with Crippen LogP contribution in [0.1, 0.15) is 52.0 Å². The fourth-order valence-corrected chi connectivity index (χ4v) is 2.73. The van der Waals surface area contributed by atoms with Gasteiger partial charge in [0.05, 0.1) is 0 Å². The smallest absolute Gasteiger partial charge is 0.412 e. The number of phenols is 1. The molecule has 2 rings (SSSR count). The molecule has 0 atom stereocenters. The van der Waals surface area contributed by atoms with E-state index in [1.165, 1.54) is 6.07 Å². The Morgan fingerprint density at radius 2 is 1.95 bits per heavy atom. The molecule has 116 valence electrons. The van der Waals surface area contributed by atoms with Gasteiger partial charge < -0.3 is 15.6 Å². The number of anilines is 1. The van der Waals surface area contributed by atoms with Crippen LogP contribution in [0.4, 0.5) is 10.5 Å². The average molecular weight is 292 g/mol. The average Bonchev–Trinajstić information content (AvgIpc) is 2.74. The number of nitrogens with two attached hydrogens (primary N) is 1. The Hall–Kier alpha value is -1.75. The summed E-state index contributed by atoms with van der Waals surface area (Å²) >= 11 is 0. The number of benzene rings is 1. The molecule has 5 heteroatoms. The van der Waals surface area contributed by atoms with Crippen molar-refractivity contribution in [1.29, 1.82) is 0 Å². The number of carbonyl (C=O) groups excluding carboxylic acids is 1. The van der Waals surface area contributed by atoms with E-state index in [9.17, 15) is 9.90 Å². The molecule has 0 aliphatic heterocycles. The van der Waals surface area contributed by atoms with Gasteiger partial charge in [-0.05, 0) is 39.7 Å². The minimum atomic E-state index is -0.558. The Kier molecular flexibility index (Phi) is 4.14. The molecule has 1 aliphatic carbocycles. The van der Waals surface area contributed by atoms with E-state index >= 15 is 0 Å². The number of rotatable bonds is 2. The molecular formula is C16H24N2O3. The molecule has 1 aromatic carbocycles. The van der Waals surface area contributed by atoms with Crippen molar-refractivity contribution < 1.29 is 14.6 Å². The lowest BCUT2D eigenvalue weighted by Crippen LogP contribution is -2.33. The Morgan fingerprint density at radius 1 is 1.33 bits per heavy atom. The maximum absolute atomic E-state index is 11.7. The van der Waals surface area contributed by atoms with E-state index in [2.05, 4.69) is 5.32 Å². The molecule has 0 heterocycles. The normalized spacial score (nSPS) is 17.5. The van der Waals surface area contributed by atoms with Gasteiger partial charge in [-0.2, -0.15) is 0 Å². The summed E-state index contributed by atoms with van der Waals surface area (Å²) in [5, 5.41) is 12.8. The predicted molar refractivity (Wildman–Crippen MR) is 82.3 cm³/mol. The predicted octanol–water partition coefficient (Wildman–Crippen LogP) is 3.47. The van der Waals surface area contributed by atoms with Gasteiger partial charge >= 0.3 is 6.09 Å². The van der Waals surface area contributed by atoms with Crippen molar-refractivity contribution in [2.45, 2.75) is 57.6 Å². The molecule has 0 spiro atoms. The lowest BCUT2D eigenvalue weighted by molar-refractivity contribution is 0.0636. The van der Waals surface area contributed by atoms with Crippen LogP contribution in [0, 0.1) is 0 Å². The van der Waals surface area contributed by atoms with Crippen molar-refractivity contribution in [2.75, 3.05) is 5.32 Å². The monoisotopic (exact) mass is 292 g/mol. The number of ether oxygens (including phenoxy) is 1. The standard InChI is InChI=1S/C16H24N2O3/c1-15(2,3)21-14(20)18-11-6-7-12(13(19)10-11)16(17)8-4-5-9-16/h6-7,10,19H,4-5,8-9,17H2,1-3H3,(H,18,20). The summed E-state index contributed by atoms with van der Waals surface area (Å²) in [6.07, 6.45) is 3.36. The van der Waals surface area contributed by atoms with E-state index in [-0.39, 0.29) is 5.75 Å². The molecule has 1 fully saturated rings. The molecule has 4 N–H and O–H groups in total. The van der Waals surface area contributed by atoms with Crippen LogP contribution in [0.5, 0.6) is 5.75 Å². The maximum Gasteiger partial charge on any atom is 0.412 e. The highest BCUT2D eigenvalue weighted by atomic mass is 16.6. The molecule has 1 aliphatic rings. The van der Waals surface area contributed by atoms with Gasteiger partial charge in [-0.1, -0.05) is 18.9 Å². The summed E-state index contributed by atoms with van der Waals surface area (Å²) in [5.41, 5.74) is 6.57. The Labute approximate surface area is 125 Å². The Bertz CT molecular complexity index is 529. The highest BCUT2D eigenvalue weighted by Crippen LogP contribution is 2.41. The topological polar surface area (TPSA) is 84.6 Å². The molecule has 21 heavy (non-hydrogen) atoms. The Balaban J connectivity index is 2.11. The van der Waals surface area contributed by atoms with Crippen LogP contribution in [-0.4, -0.2) is 16.8 Å². The van der Waals surface area contributed by atoms with Crippen LogP contribution in [0.3, 0.4) is 0 Å². The van der Waals surface area contributed by atoms with E-state index in [4.69, 9.17) is 10.5 Å². The number of aromatic hydroxyl groups is 1. The second-order valence-corrected chi connectivity index (χ2v) is 6.72. The van der Waals surface area contributed by atoms with Crippen LogP contribution < -0.4 is 11.1 Å². The number of carbonyl (C=O) groups is 1. The molecule has 0 bridgehead atoms. The minimum Gasteiger partial charge on any atom is -0.508 e. The zero-order valence-corrected chi connectivity index (χ0v) is 12.9. The largest absolute Gasteiger partial charge is 0.508 e. The van der Waals surface area contributed by atoms with E-state index in [1.54, 1.807) is 32.9 Å². The highest BCUT2D eigenvalue weighted by molar-refractivity contribution is 5.85. The van der Waals surface area contributed by atoms with Gasteiger partial charge in [-0.15, -0.1) is 0 Å². The molecule has 5 nitrogen and oxygen atoms in total. The van der Waals surface area contributed by atoms with E-state index in [0.29, 0.717) is 5.69 Å². The molecule has 0 aromatic heterocycles. The van der Waals surface area contributed by atoms with Crippen LogP contribution in [0.15, 0.2) is 18.2 Å². The van der Waals surface area contributed by atoms with Crippen molar-refractivity contribution in [2.24, 2.45) is 5.73 Å². The van der Waals surface area contributed by atoms with Crippen molar-refractivity contribution in [1.82, 2.24) is 0 Å². The van der Waals surface area contributed by atoms with Gasteiger partial charge in [0.2, 0.25) is 0 Å². The minimum absolute atomic E-state index is 0.118. The third-order valence-electron chi connectivity index (χ3n) is 3.68. The summed E-state index contributed by atoms with van der Waals surface area (Å²) in [6.45, 7) is 5.39. The van der Waals surface area contributed by atoms with E-state index < -0.39 is 17.2 Å². The molecule has 0 radical (unpaired) electrons. The number of hydrogen-bond donors (Lipinski definition) is 3. The van der Waals surface area contributed by atoms with Gasteiger partial charge in [0.1, 0.15) is 11.4 Å². The first-order chi connectivity index (χ1) is 9.70. The number of nitrogens with one attached hydrogen (secondary N) is 1. The quantitative estimate of drug-likeness (QED) is 0.779. The molecular weight excluding hydrogens is 268 g/mol. The first kappa shape index (κ1) is 15.6. The van der Waals surface area contributed by atoms with Gasteiger partial charge in [-0.25, -0.2) is 4.79 Å². The van der Waals surface area contributed by atoms with Gasteiger partial charge in [0.15, 0.2) is 0 Å². The third kappa shape index (κ3) is 3.88. The third-order valence-corrected chi connectivity index (χ3v) is 3.68. The zero-order chi connectivity index (χ0) is 15.7. The highest BCUT2D eigenvalue weighted by Gasteiger charge is 2.33. The molecule has 1 amide bonds. The SMILES string of the molecule is CC(C)(C)OC(=O)Nc1ccc(C2(N)CCCC2)c(O)c1. The molecule has 0 unspecified atom stereocenters. The van der Waals surface area contributed by atoms with Gasteiger partial charge in [-0.3, -0.25) is 5.32 Å². The summed E-state index contributed by atoms with van der Waals surface area (Å²) in [4.78, 5) is 11.7. The first-order valence-corrected chi connectivity index (χ1v) is 7.32. The van der Waals surface area contributed by atoms with Crippen molar-refractivity contribution >= 4 is 11.8 Å². The molecule has 1 saturated carbocycles. The summed E-state index contributed by atoms with van der Waals surface area (Å²) in [6, 6.07) is 5.05. The molecule has 0 saturated heterocycles. The van der Waals surface area contributed by atoms with Crippen molar-refractivity contribution in [3.8, 4) is 5.75 Å². The van der Waals surface area contributed by atoms with Crippen LogP contribution >= 0.6 is 0 Å². The zero-order valence-electron chi connectivity index (χ0n) is 12.9. The Morgan fingerprint density at radius 3 is 2.48 bits per heavy atom. The number of amides is 1. The number of phenolic OH excluding ortho intramolecular Hbond substituents is 1. The summed E-state index contributed by atoms with van der Waals surface area (Å²) < 4.78 is 5.17. The van der Waals surface area contributed by atoms with Crippen molar-refractivity contribution in [3.63, 3.8) is 0 Å². The summed E-state index contributed by atoms with van der Waals surface area (Å²) in [5.74, 6) is 0.118. The lowest BCUT2D eigenvalue weighted by Gasteiger charge is -2.25. The van der Waals surface area contributed by atoms with Crippen LogP contribution in [0.2, 0.25) is 0 Å². The van der Waals surface area contributed by atoms with Crippen molar-refractivity contribution in [3.05, 3.63) is 23.8 Å². The maximum atomic E-state index is 11.7. The summed E-state index contributed by atoms with van der Waals surface area (Å²) in [7, 11) is 0. The van der Waals surface area contributed by atoms with Gasteiger partial charge in [0, 0.05) is 22.9 Å². The van der Waals surface area contributed by atoms with Gasteiger partial charge in [0.25, 0.3) is 0 Å². The second kappa shape index (κ2) is 5.56. The van der Waals surface area contributed by atoms with E-state index in [0.717, 1.165) is 31.2 Å². The fourth-order valence-electron chi connectivity index (χ4n) is 2.73. The second-order valence-electron chi connectivity index (χ2n) is 6.72. The molecule has 1 aromatic rings. The van der Waals surface area contributed by atoms with Crippen LogP contribution in [-0.2, 0) is 10.3 Å². The number of hydrogen-bond acceptors (Lipinski definition) is 4.